The number of carbonyl (C=O) groups is 1. The molecule has 1 heterocycles. The number of nitrogens with one attached hydrogen (secondary N) is 1. The molecule has 2 rings (SSSR count). The third kappa shape index (κ3) is 4.60. The second-order valence-electron chi connectivity index (χ2n) is 6.10. The number of methoxy groups -OCH3 is 1. The molecule has 112 valence electrons. The smallest absolute Gasteiger partial charge is 0.310 e. The number of thiophene rings is 1. The van der Waals surface area contributed by atoms with E-state index in [0.29, 0.717) is 11.8 Å². The maximum atomic E-state index is 11.2. The SMILES string of the molecule is COC(=O)Cc1ccc(CNCC2(C)CCCCC2)s1. The molecule has 0 aliphatic heterocycles. The number of carbonyl (C=O) groups excluding carboxylic acids is 1. The molecule has 1 aliphatic carbocycles. The van der Waals surface area contributed by atoms with Crippen molar-refractivity contribution in [2.24, 2.45) is 5.41 Å². The summed E-state index contributed by atoms with van der Waals surface area (Å²) in [6.45, 7) is 4.40. The van der Waals surface area contributed by atoms with Crippen LogP contribution >= 0.6 is 11.3 Å². The van der Waals surface area contributed by atoms with Crippen molar-refractivity contribution < 1.29 is 9.53 Å². The van der Waals surface area contributed by atoms with Crippen LogP contribution in [0.1, 0.15) is 48.8 Å². The predicted octanol–water partition coefficient (Wildman–Crippen LogP) is 3.52. The first-order valence-corrected chi connectivity index (χ1v) is 8.28. The second-order valence-corrected chi connectivity index (χ2v) is 7.35. The predicted molar refractivity (Wildman–Crippen MR) is 82.9 cm³/mol. The van der Waals surface area contributed by atoms with Crippen molar-refractivity contribution in [1.29, 1.82) is 0 Å². The molecule has 3 nitrogen and oxygen atoms in total. The Labute approximate surface area is 125 Å². The van der Waals surface area contributed by atoms with Crippen molar-refractivity contribution in [3.8, 4) is 0 Å². The first kappa shape index (κ1) is 15.5. The van der Waals surface area contributed by atoms with Crippen LogP contribution in [0.4, 0.5) is 0 Å². The summed E-state index contributed by atoms with van der Waals surface area (Å²) in [7, 11) is 1.43. The van der Waals surface area contributed by atoms with Gasteiger partial charge in [0.1, 0.15) is 0 Å². The van der Waals surface area contributed by atoms with Gasteiger partial charge in [0.05, 0.1) is 13.5 Å². The zero-order valence-electron chi connectivity index (χ0n) is 12.5. The highest BCUT2D eigenvalue weighted by Crippen LogP contribution is 2.35. The lowest BCUT2D eigenvalue weighted by Crippen LogP contribution is -2.33. The van der Waals surface area contributed by atoms with Crippen LogP contribution in [-0.2, 0) is 22.5 Å². The Hall–Kier alpha value is -0.870. The van der Waals surface area contributed by atoms with Crippen LogP contribution in [0.3, 0.4) is 0 Å². The molecule has 0 amide bonds. The summed E-state index contributed by atoms with van der Waals surface area (Å²) in [5, 5.41) is 3.59. The van der Waals surface area contributed by atoms with Crippen LogP contribution in [0.25, 0.3) is 0 Å². The third-order valence-electron chi connectivity index (χ3n) is 4.18. The van der Waals surface area contributed by atoms with E-state index in [1.807, 2.05) is 6.07 Å². The number of ether oxygens (including phenoxy) is 1. The van der Waals surface area contributed by atoms with Gasteiger partial charge >= 0.3 is 5.97 Å². The van der Waals surface area contributed by atoms with Gasteiger partial charge in [-0.2, -0.15) is 0 Å². The Balaban J connectivity index is 1.75. The zero-order chi connectivity index (χ0) is 14.4. The Morgan fingerprint density at radius 3 is 2.70 bits per heavy atom. The lowest BCUT2D eigenvalue weighted by molar-refractivity contribution is -0.139. The minimum absolute atomic E-state index is 0.166. The number of hydrogen-bond donors (Lipinski definition) is 1. The van der Waals surface area contributed by atoms with Gasteiger partial charge < -0.3 is 10.1 Å². The Bertz CT molecular complexity index is 435. The summed E-state index contributed by atoms with van der Waals surface area (Å²) in [6.07, 6.45) is 7.23. The molecule has 1 aliphatic rings. The van der Waals surface area contributed by atoms with Crippen molar-refractivity contribution in [2.45, 2.75) is 52.0 Å². The Morgan fingerprint density at radius 1 is 1.30 bits per heavy atom. The van der Waals surface area contributed by atoms with Gasteiger partial charge in [-0.1, -0.05) is 26.2 Å². The summed E-state index contributed by atoms with van der Waals surface area (Å²) in [6, 6.07) is 4.14. The van der Waals surface area contributed by atoms with Crippen LogP contribution in [0.15, 0.2) is 12.1 Å². The van der Waals surface area contributed by atoms with Gasteiger partial charge in [-0.05, 0) is 30.4 Å². The molecule has 1 fully saturated rings. The fraction of sp³-hybridized carbons (Fsp3) is 0.688. The largest absolute Gasteiger partial charge is 0.469 e. The van der Waals surface area contributed by atoms with E-state index in [9.17, 15) is 4.79 Å². The van der Waals surface area contributed by atoms with Gasteiger partial charge in [0.25, 0.3) is 0 Å². The molecule has 1 saturated carbocycles. The fourth-order valence-corrected chi connectivity index (χ4v) is 3.87. The van der Waals surface area contributed by atoms with E-state index in [4.69, 9.17) is 0 Å². The molecule has 4 heteroatoms. The molecule has 0 atom stereocenters. The first-order valence-electron chi connectivity index (χ1n) is 7.46. The summed E-state index contributed by atoms with van der Waals surface area (Å²) < 4.78 is 4.69. The summed E-state index contributed by atoms with van der Waals surface area (Å²) in [4.78, 5) is 13.6. The highest BCUT2D eigenvalue weighted by molar-refractivity contribution is 7.12. The second kappa shape index (κ2) is 7.23. The molecule has 1 N–H and O–H groups in total. The van der Waals surface area contributed by atoms with E-state index >= 15 is 0 Å². The van der Waals surface area contributed by atoms with E-state index in [-0.39, 0.29) is 5.97 Å². The van der Waals surface area contributed by atoms with Crippen molar-refractivity contribution >= 4 is 17.3 Å². The minimum atomic E-state index is -0.166. The third-order valence-corrected chi connectivity index (χ3v) is 5.26. The monoisotopic (exact) mass is 295 g/mol. The molecule has 1 aromatic rings. The molecule has 0 saturated heterocycles. The highest BCUT2D eigenvalue weighted by Gasteiger charge is 2.25. The van der Waals surface area contributed by atoms with E-state index in [1.54, 1.807) is 11.3 Å². The standard InChI is InChI=1S/C16H25NO2S/c1-16(8-4-3-5-9-16)12-17-11-14-7-6-13(20-14)10-15(18)19-2/h6-7,17H,3-5,8-12H2,1-2H3. The van der Waals surface area contributed by atoms with E-state index in [0.717, 1.165) is 18.0 Å². The van der Waals surface area contributed by atoms with E-state index < -0.39 is 0 Å². The summed E-state index contributed by atoms with van der Waals surface area (Å²) in [5.74, 6) is -0.166. The van der Waals surface area contributed by atoms with Gasteiger partial charge in [-0.25, -0.2) is 0 Å². The quantitative estimate of drug-likeness (QED) is 0.816. The first-order chi connectivity index (χ1) is 9.61. The molecule has 0 bridgehead atoms. The van der Waals surface area contributed by atoms with Crippen LogP contribution < -0.4 is 5.32 Å². The average Bonchev–Trinajstić information content (AvgIpc) is 2.86. The topological polar surface area (TPSA) is 38.3 Å². The van der Waals surface area contributed by atoms with Crippen LogP contribution in [0.5, 0.6) is 0 Å². The maximum Gasteiger partial charge on any atom is 0.310 e. The molecule has 20 heavy (non-hydrogen) atoms. The summed E-state index contributed by atoms with van der Waals surface area (Å²) in [5.41, 5.74) is 0.477. The van der Waals surface area contributed by atoms with Crippen LogP contribution in [0, 0.1) is 5.41 Å². The molecule has 0 spiro atoms. The maximum absolute atomic E-state index is 11.2. The van der Waals surface area contributed by atoms with Crippen LogP contribution in [0.2, 0.25) is 0 Å². The average molecular weight is 295 g/mol. The Kier molecular flexibility index (Phi) is 5.61. The van der Waals surface area contributed by atoms with Crippen molar-refractivity contribution in [3.63, 3.8) is 0 Å². The van der Waals surface area contributed by atoms with Crippen molar-refractivity contribution in [1.82, 2.24) is 5.32 Å². The summed E-state index contributed by atoms with van der Waals surface area (Å²) >= 11 is 1.70. The van der Waals surface area contributed by atoms with Crippen molar-refractivity contribution in [3.05, 3.63) is 21.9 Å². The normalized spacial score (nSPS) is 17.9. The molecule has 0 radical (unpaired) electrons. The minimum Gasteiger partial charge on any atom is -0.469 e. The Morgan fingerprint density at radius 2 is 2.00 bits per heavy atom. The van der Waals surface area contributed by atoms with E-state index in [1.165, 1.54) is 44.1 Å². The number of esters is 1. The van der Waals surface area contributed by atoms with Gasteiger partial charge in [-0.15, -0.1) is 11.3 Å². The van der Waals surface area contributed by atoms with Gasteiger partial charge in [-0.3, -0.25) is 4.79 Å². The molecule has 0 aromatic carbocycles. The molecule has 0 unspecified atom stereocenters. The van der Waals surface area contributed by atoms with Gasteiger partial charge in [0.15, 0.2) is 0 Å². The molecular formula is C16H25NO2S. The lowest BCUT2D eigenvalue weighted by atomic mass is 9.76. The zero-order valence-corrected chi connectivity index (χ0v) is 13.4. The van der Waals surface area contributed by atoms with E-state index in [2.05, 4.69) is 23.0 Å². The molecule has 1 aromatic heterocycles. The van der Waals surface area contributed by atoms with Crippen molar-refractivity contribution in [2.75, 3.05) is 13.7 Å². The number of rotatable bonds is 6. The van der Waals surface area contributed by atoms with Crippen LogP contribution in [-0.4, -0.2) is 19.6 Å². The van der Waals surface area contributed by atoms with Gasteiger partial charge in [0.2, 0.25) is 0 Å². The highest BCUT2D eigenvalue weighted by atomic mass is 32.1. The van der Waals surface area contributed by atoms with Gasteiger partial charge in [0, 0.05) is 22.8 Å². The fourth-order valence-electron chi connectivity index (χ4n) is 2.90. The number of hydrogen-bond acceptors (Lipinski definition) is 4. The lowest BCUT2D eigenvalue weighted by Gasteiger charge is -2.33. The molecular weight excluding hydrogens is 270 g/mol.